The summed E-state index contributed by atoms with van der Waals surface area (Å²) in [6.07, 6.45) is 0. The molecule has 3 N–H and O–H groups in total. The molecule has 0 fully saturated rings. The summed E-state index contributed by atoms with van der Waals surface area (Å²) in [5.74, 6) is -2.18. The van der Waals surface area contributed by atoms with Crippen molar-refractivity contribution in [2.24, 2.45) is 7.05 Å². The average molecular weight is 266 g/mol. The molecule has 0 saturated heterocycles. The largest absolute Gasteiger partial charge is 0.396 e. The lowest BCUT2D eigenvalue weighted by molar-refractivity contribution is 0.102. The zero-order valence-electron chi connectivity index (χ0n) is 10.4. The van der Waals surface area contributed by atoms with Crippen LogP contribution in [0, 0.1) is 18.6 Å². The summed E-state index contributed by atoms with van der Waals surface area (Å²) in [5.41, 5.74) is 5.41. The fourth-order valence-corrected chi connectivity index (χ4v) is 1.65. The van der Waals surface area contributed by atoms with Gasteiger partial charge >= 0.3 is 0 Å². The Labute approximate surface area is 108 Å². The highest BCUT2D eigenvalue weighted by atomic mass is 19.1. The SMILES string of the molecule is Cc1cc(NC(=O)c2cc(N)c(F)cc2F)n(C)n1. The van der Waals surface area contributed by atoms with Crippen LogP contribution < -0.4 is 11.1 Å². The van der Waals surface area contributed by atoms with Crippen LogP contribution in [0.5, 0.6) is 0 Å². The van der Waals surface area contributed by atoms with Crippen LogP contribution in [0.2, 0.25) is 0 Å². The number of benzene rings is 1. The normalized spacial score (nSPS) is 10.5. The van der Waals surface area contributed by atoms with Crippen molar-refractivity contribution in [3.8, 4) is 0 Å². The Balaban J connectivity index is 2.30. The van der Waals surface area contributed by atoms with Crippen LogP contribution in [-0.4, -0.2) is 15.7 Å². The molecule has 0 bridgehead atoms. The second-order valence-electron chi connectivity index (χ2n) is 4.10. The van der Waals surface area contributed by atoms with Gasteiger partial charge in [0, 0.05) is 19.2 Å². The molecular weight excluding hydrogens is 254 g/mol. The molecule has 5 nitrogen and oxygen atoms in total. The van der Waals surface area contributed by atoms with Crippen LogP contribution in [0.1, 0.15) is 16.1 Å². The second-order valence-corrected chi connectivity index (χ2v) is 4.10. The fourth-order valence-electron chi connectivity index (χ4n) is 1.65. The van der Waals surface area contributed by atoms with E-state index >= 15 is 0 Å². The monoisotopic (exact) mass is 266 g/mol. The number of rotatable bonds is 2. The topological polar surface area (TPSA) is 72.9 Å². The number of amides is 1. The van der Waals surface area contributed by atoms with Crippen molar-refractivity contribution in [2.45, 2.75) is 6.92 Å². The molecule has 0 saturated carbocycles. The highest BCUT2D eigenvalue weighted by molar-refractivity contribution is 6.04. The minimum absolute atomic E-state index is 0.285. The number of halogens is 2. The number of aromatic nitrogens is 2. The summed E-state index contributed by atoms with van der Waals surface area (Å²) >= 11 is 0. The van der Waals surface area contributed by atoms with E-state index in [4.69, 9.17) is 5.73 Å². The molecule has 1 aromatic heterocycles. The van der Waals surface area contributed by atoms with Crippen LogP contribution >= 0.6 is 0 Å². The Morgan fingerprint density at radius 2 is 2.00 bits per heavy atom. The number of hydrogen-bond acceptors (Lipinski definition) is 3. The number of carbonyl (C=O) groups is 1. The zero-order chi connectivity index (χ0) is 14.2. The van der Waals surface area contributed by atoms with Crippen molar-refractivity contribution >= 4 is 17.4 Å². The summed E-state index contributed by atoms with van der Waals surface area (Å²) < 4.78 is 28.0. The van der Waals surface area contributed by atoms with Gasteiger partial charge in [0.2, 0.25) is 0 Å². The number of nitrogens with two attached hydrogens (primary N) is 1. The number of hydrogen-bond donors (Lipinski definition) is 2. The van der Waals surface area contributed by atoms with Crippen LogP contribution in [0.25, 0.3) is 0 Å². The molecule has 0 unspecified atom stereocenters. The van der Waals surface area contributed by atoms with E-state index in [1.54, 1.807) is 20.0 Å². The number of anilines is 2. The third-order valence-corrected chi connectivity index (χ3v) is 2.57. The van der Waals surface area contributed by atoms with Gasteiger partial charge in [0.25, 0.3) is 5.91 Å². The van der Waals surface area contributed by atoms with E-state index in [1.165, 1.54) is 4.68 Å². The predicted molar refractivity (Wildman–Crippen MR) is 66.7 cm³/mol. The maximum atomic E-state index is 13.5. The highest BCUT2D eigenvalue weighted by Crippen LogP contribution is 2.18. The molecule has 100 valence electrons. The smallest absolute Gasteiger partial charge is 0.259 e. The third kappa shape index (κ3) is 2.54. The van der Waals surface area contributed by atoms with Gasteiger partial charge in [-0.05, 0) is 13.0 Å². The Kier molecular flexibility index (Phi) is 3.20. The van der Waals surface area contributed by atoms with E-state index in [-0.39, 0.29) is 11.3 Å². The minimum Gasteiger partial charge on any atom is -0.396 e. The number of nitrogen functional groups attached to an aromatic ring is 1. The molecule has 0 aliphatic carbocycles. The van der Waals surface area contributed by atoms with E-state index in [0.717, 1.165) is 6.07 Å². The first-order valence-corrected chi connectivity index (χ1v) is 5.45. The van der Waals surface area contributed by atoms with Crippen molar-refractivity contribution in [1.29, 1.82) is 0 Å². The van der Waals surface area contributed by atoms with Crippen LogP contribution in [0.3, 0.4) is 0 Å². The molecule has 2 aromatic rings. The van der Waals surface area contributed by atoms with Crippen molar-refractivity contribution in [2.75, 3.05) is 11.1 Å². The van der Waals surface area contributed by atoms with Gasteiger partial charge in [-0.15, -0.1) is 0 Å². The van der Waals surface area contributed by atoms with Crippen LogP contribution in [-0.2, 0) is 7.05 Å². The van der Waals surface area contributed by atoms with Gasteiger partial charge in [-0.2, -0.15) is 5.10 Å². The maximum Gasteiger partial charge on any atom is 0.259 e. The summed E-state index contributed by atoms with van der Waals surface area (Å²) in [7, 11) is 1.64. The molecule has 0 radical (unpaired) electrons. The first kappa shape index (κ1) is 13.0. The highest BCUT2D eigenvalue weighted by Gasteiger charge is 2.16. The van der Waals surface area contributed by atoms with Crippen molar-refractivity contribution < 1.29 is 13.6 Å². The zero-order valence-corrected chi connectivity index (χ0v) is 10.4. The van der Waals surface area contributed by atoms with Crippen LogP contribution in [0.15, 0.2) is 18.2 Å². The van der Waals surface area contributed by atoms with E-state index < -0.39 is 17.5 Å². The standard InChI is InChI=1S/C12H12F2N4O/c1-6-3-11(18(2)17-6)16-12(19)7-4-10(15)9(14)5-8(7)13/h3-5H,15H2,1-2H3,(H,16,19). The lowest BCUT2D eigenvalue weighted by Gasteiger charge is -2.07. The molecular formula is C12H12F2N4O. The molecule has 0 spiro atoms. The van der Waals surface area contributed by atoms with Gasteiger partial charge in [0.1, 0.15) is 17.5 Å². The summed E-state index contributed by atoms with van der Waals surface area (Å²) in [4.78, 5) is 11.9. The minimum atomic E-state index is -0.969. The van der Waals surface area contributed by atoms with Gasteiger partial charge in [0.15, 0.2) is 0 Å². The molecule has 0 atom stereocenters. The molecule has 1 amide bonds. The molecule has 0 aliphatic rings. The first-order valence-electron chi connectivity index (χ1n) is 5.45. The average Bonchev–Trinajstić information content (AvgIpc) is 2.62. The lowest BCUT2D eigenvalue weighted by atomic mass is 10.1. The van der Waals surface area contributed by atoms with Gasteiger partial charge in [-0.25, -0.2) is 8.78 Å². The third-order valence-electron chi connectivity index (χ3n) is 2.57. The van der Waals surface area contributed by atoms with E-state index in [2.05, 4.69) is 10.4 Å². The number of nitrogens with one attached hydrogen (secondary N) is 1. The van der Waals surface area contributed by atoms with E-state index in [1.807, 2.05) is 0 Å². The van der Waals surface area contributed by atoms with Crippen molar-refractivity contribution in [3.05, 3.63) is 41.1 Å². The van der Waals surface area contributed by atoms with E-state index in [0.29, 0.717) is 17.6 Å². The van der Waals surface area contributed by atoms with Gasteiger partial charge in [-0.3, -0.25) is 9.48 Å². The first-order chi connectivity index (χ1) is 8.88. The number of carbonyl (C=O) groups excluding carboxylic acids is 1. The lowest BCUT2D eigenvalue weighted by Crippen LogP contribution is -2.16. The van der Waals surface area contributed by atoms with Gasteiger partial charge < -0.3 is 11.1 Å². The molecule has 7 heteroatoms. The Morgan fingerprint density at radius 1 is 1.32 bits per heavy atom. The molecule has 1 aromatic carbocycles. The fraction of sp³-hybridized carbons (Fsp3) is 0.167. The van der Waals surface area contributed by atoms with Crippen molar-refractivity contribution in [1.82, 2.24) is 9.78 Å². The Hall–Kier alpha value is -2.44. The number of aryl methyl sites for hydroxylation is 2. The predicted octanol–water partition coefficient (Wildman–Crippen LogP) is 1.84. The van der Waals surface area contributed by atoms with E-state index in [9.17, 15) is 13.6 Å². The maximum absolute atomic E-state index is 13.5. The summed E-state index contributed by atoms with van der Waals surface area (Å²) in [6, 6.07) is 3.17. The summed E-state index contributed by atoms with van der Waals surface area (Å²) in [5, 5.41) is 6.51. The Bertz CT molecular complexity index is 651. The van der Waals surface area contributed by atoms with Gasteiger partial charge in [-0.1, -0.05) is 0 Å². The molecule has 19 heavy (non-hydrogen) atoms. The molecule has 1 heterocycles. The molecule has 0 aliphatic heterocycles. The van der Waals surface area contributed by atoms with Crippen molar-refractivity contribution in [3.63, 3.8) is 0 Å². The van der Waals surface area contributed by atoms with Gasteiger partial charge in [0.05, 0.1) is 16.9 Å². The quantitative estimate of drug-likeness (QED) is 0.815. The Morgan fingerprint density at radius 3 is 2.58 bits per heavy atom. The number of nitrogens with zero attached hydrogens (tertiary/aromatic N) is 2. The second kappa shape index (κ2) is 4.68. The summed E-state index contributed by atoms with van der Waals surface area (Å²) in [6.45, 7) is 1.76. The van der Waals surface area contributed by atoms with Crippen LogP contribution in [0.4, 0.5) is 20.3 Å². The molecule has 2 rings (SSSR count).